The van der Waals surface area contributed by atoms with Gasteiger partial charge in [-0.15, -0.1) is 11.8 Å². The predicted molar refractivity (Wildman–Crippen MR) is 72.0 cm³/mol. The van der Waals surface area contributed by atoms with Crippen LogP contribution in [0.5, 0.6) is 0 Å². The molecule has 1 nitrogen and oxygen atoms in total. The van der Waals surface area contributed by atoms with Crippen molar-refractivity contribution >= 4 is 11.8 Å². The van der Waals surface area contributed by atoms with Gasteiger partial charge in [-0.2, -0.15) is 0 Å². The molecule has 1 atom stereocenters. The van der Waals surface area contributed by atoms with E-state index in [0.717, 1.165) is 5.25 Å². The summed E-state index contributed by atoms with van der Waals surface area (Å²) in [5.41, 5.74) is 1.39. The van der Waals surface area contributed by atoms with Crippen LogP contribution in [-0.2, 0) is 0 Å². The molecule has 2 rings (SSSR count). The normalized spacial score (nSPS) is 18.9. The molecule has 1 unspecified atom stereocenters. The van der Waals surface area contributed by atoms with Crippen LogP contribution < -0.4 is 5.32 Å². The molecule has 1 aliphatic rings. The fourth-order valence-corrected chi connectivity index (χ4v) is 3.54. The van der Waals surface area contributed by atoms with Crippen LogP contribution in [-0.4, -0.2) is 12.3 Å². The zero-order chi connectivity index (χ0) is 11.4. The highest BCUT2D eigenvalue weighted by Gasteiger charge is 2.16. The monoisotopic (exact) mass is 235 g/mol. The lowest BCUT2D eigenvalue weighted by molar-refractivity contribution is 0.651. The molecular weight excluding hydrogens is 214 g/mol. The minimum atomic E-state index is 0.448. The minimum absolute atomic E-state index is 0.448. The largest absolute Gasteiger partial charge is 0.313 e. The van der Waals surface area contributed by atoms with Crippen molar-refractivity contribution in [2.75, 3.05) is 7.05 Å². The molecule has 1 saturated carbocycles. The SMILES string of the molecule is CNC(C)c1cccc(SC2CCCC2)c1. The smallest absolute Gasteiger partial charge is 0.0289 e. The van der Waals surface area contributed by atoms with E-state index in [1.165, 1.54) is 36.1 Å². The summed E-state index contributed by atoms with van der Waals surface area (Å²) < 4.78 is 0. The van der Waals surface area contributed by atoms with E-state index in [4.69, 9.17) is 0 Å². The summed E-state index contributed by atoms with van der Waals surface area (Å²) in [7, 11) is 2.02. The first-order valence-electron chi connectivity index (χ1n) is 6.23. The summed E-state index contributed by atoms with van der Waals surface area (Å²) >= 11 is 2.07. The Morgan fingerprint density at radius 1 is 1.31 bits per heavy atom. The minimum Gasteiger partial charge on any atom is -0.313 e. The molecule has 88 valence electrons. The van der Waals surface area contributed by atoms with Crippen molar-refractivity contribution in [2.24, 2.45) is 0 Å². The average molecular weight is 235 g/mol. The number of hydrogen-bond acceptors (Lipinski definition) is 2. The van der Waals surface area contributed by atoms with Gasteiger partial charge in [-0.05, 0) is 44.5 Å². The van der Waals surface area contributed by atoms with Crippen molar-refractivity contribution in [2.45, 2.75) is 48.8 Å². The third-order valence-electron chi connectivity index (χ3n) is 3.40. The molecule has 2 heteroatoms. The van der Waals surface area contributed by atoms with Gasteiger partial charge >= 0.3 is 0 Å². The van der Waals surface area contributed by atoms with Gasteiger partial charge < -0.3 is 5.32 Å². The van der Waals surface area contributed by atoms with E-state index in [9.17, 15) is 0 Å². The molecule has 0 spiro atoms. The van der Waals surface area contributed by atoms with Gasteiger partial charge in [0.25, 0.3) is 0 Å². The first-order valence-corrected chi connectivity index (χ1v) is 7.11. The van der Waals surface area contributed by atoms with Crippen LogP contribution in [0.25, 0.3) is 0 Å². The van der Waals surface area contributed by atoms with Crippen molar-refractivity contribution in [1.29, 1.82) is 0 Å². The van der Waals surface area contributed by atoms with E-state index in [1.54, 1.807) is 0 Å². The number of thioether (sulfide) groups is 1. The Morgan fingerprint density at radius 2 is 2.06 bits per heavy atom. The Bertz CT molecular complexity index is 331. The molecule has 16 heavy (non-hydrogen) atoms. The van der Waals surface area contributed by atoms with E-state index in [0.29, 0.717) is 6.04 Å². The molecule has 0 bridgehead atoms. The lowest BCUT2D eigenvalue weighted by Gasteiger charge is -2.13. The molecule has 1 aromatic carbocycles. The highest BCUT2D eigenvalue weighted by Crippen LogP contribution is 2.35. The standard InChI is InChI=1S/C14H21NS/c1-11(15-2)12-6-5-9-14(10-12)16-13-7-3-4-8-13/h5-6,9-11,13,15H,3-4,7-8H2,1-2H3. The number of benzene rings is 1. The number of nitrogens with one attached hydrogen (secondary N) is 1. The molecule has 1 N–H and O–H groups in total. The molecule has 0 heterocycles. The second kappa shape index (κ2) is 5.74. The van der Waals surface area contributed by atoms with E-state index in [-0.39, 0.29) is 0 Å². The lowest BCUT2D eigenvalue weighted by Crippen LogP contribution is -2.12. The van der Waals surface area contributed by atoms with Crippen LogP contribution in [0.2, 0.25) is 0 Å². The van der Waals surface area contributed by atoms with Crippen molar-refractivity contribution in [3.63, 3.8) is 0 Å². The maximum absolute atomic E-state index is 3.29. The van der Waals surface area contributed by atoms with E-state index >= 15 is 0 Å². The van der Waals surface area contributed by atoms with Gasteiger partial charge in [0.05, 0.1) is 0 Å². The zero-order valence-corrected chi connectivity index (χ0v) is 11.0. The van der Waals surface area contributed by atoms with Crippen LogP contribution in [0.1, 0.15) is 44.2 Å². The molecule has 0 radical (unpaired) electrons. The number of hydrogen-bond donors (Lipinski definition) is 1. The first kappa shape index (κ1) is 12.0. The molecular formula is C14H21NS. The summed E-state index contributed by atoms with van der Waals surface area (Å²) in [6.45, 7) is 2.21. The highest BCUT2D eigenvalue weighted by atomic mass is 32.2. The van der Waals surface area contributed by atoms with Crippen LogP contribution in [0.4, 0.5) is 0 Å². The van der Waals surface area contributed by atoms with E-state index in [1.807, 2.05) is 7.05 Å². The first-order chi connectivity index (χ1) is 7.79. The van der Waals surface area contributed by atoms with Gasteiger partial charge in [0.2, 0.25) is 0 Å². The Kier molecular flexibility index (Phi) is 4.30. The Labute approximate surface area is 103 Å². The van der Waals surface area contributed by atoms with Crippen molar-refractivity contribution in [3.8, 4) is 0 Å². The van der Waals surface area contributed by atoms with Gasteiger partial charge in [-0.3, -0.25) is 0 Å². The van der Waals surface area contributed by atoms with E-state index in [2.05, 4.69) is 48.3 Å². The van der Waals surface area contributed by atoms with Gasteiger partial charge in [0.1, 0.15) is 0 Å². The lowest BCUT2D eigenvalue weighted by atomic mass is 10.1. The van der Waals surface area contributed by atoms with Crippen LogP contribution in [0, 0.1) is 0 Å². The second-order valence-corrected chi connectivity index (χ2v) is 5.98. The summed E-state index contributed by atoms with van der Waals surface area (Å²) in [5.74, 6) is 0. The Balaban J connectivity index is 2.03. The van der Waals surface area contributed by atoms with Crippen molar-refractivity contribution in [3.05, 3.63) is 29.8 Å². The van der Waals surface area contributed by atoms with Gasteiger partial charge in [0.15, 0.2) is 0 Å². The van der Waals surface area contributed by atoms with Crippen molar-refractivity contribution in [1.82, 2.24) is 5.32 Å². The molecule has 0 aliphatic heterocycles. The summed E-state index contributed by atoms with van der Waals surface area (Å²) in [6, 6.07) is 9.42. The fraction of sp³-hybridized carbons (Fsp3) is 0.571. The molecule has 0 saturated heterocycles. The third kappa shape index (κ3) is 3.02. The third-order valence-corrected chi connectivity index (χ3v) is 4.73. The van der Waals surface area contributed by atoms with Crippen molar-refractivity contribution < 1.29 is 0 Å². The maximum Gasteiger partial charge on any atom is 0.0289 e. The Hall–Kier alpha value is -0.470. The second-order valence-electron chi connectivity index (χ2n) is 4.61. The topological polar surface area (TPSA) is 12.0 Å². The summed E-state index contributed by atoms with van der Waals surface area (Å²) in [5, 5.41) is 4.15. The van der Waals surface area contributed by atoms with Crippen LogP contribution >= 0.6 is 11.8 Å². The quantitative estimate of drug-likeness (QED) is 0.846. The van der Waals surface area contributed by atoms with Gasteiger partial charge in [-0.1, -0.05) is 25.0 Å². The van der Waals surface area contributed by atoms with Gasteiger partial charge in [-0.25, -0.2) is 0 Å². The fourth-order valence-electron chi connectivity index (χ4n) is 2.22. The Morgan fingerprint density at radius 3 is 2.75 bits per heavy atom. The summed E-state index contributed by atoms with van der Waals surface area (Å²) in [4.78, 5) is 1.44. The molecule has 0 aromatic heterocycles. The number of rotatable bonds is 4. The summed E-state index contributed by atoms with van der Waals surface area (Å²) in [6.07, 6.45) is 5.64. The van der Waals surface area contributed by atoms with Gasteiger partial charge in [0, 0.05) is 16.2 Å². The van der Waals surface area contributed by atoms with Crippen LogP contribution in [0.3, 0.4) is 0 Å². The molecule has 0 amide bonds. The molecule has 1 fully saturated rings. The average Bonchev–Trinajstić information content (AvgIpc) is 2.81. The predicted octanol–water partition coefficient (Wildman–Crippen LogP) is 4.00. The highest BCUT2D eigenvalue weighted by molar-refractivity contribution is 8.00. The van der Waals surface area contributed by atoms with E-state index < -0.39 is 0 Å². The maximum atomic E-state index is 3.29. The van der Waals surface area contributed by atoms with Crippen LogP contribution in [0.15, 0.2) is 29.2 Å². The zero-order valence-electron chi connectivity index (χ0n) is 10.2. The molecule has 1 aromatic rings. The molecule has 1 aliphatic carbocycles.